The smallest absolute Gasteiger partial charge is 0.256 e. The number of anilines is 1. The molecule has 0 atom stereocenters. The molecular formula is C20H23BrN2O3. The highest BCUT2D eigenvalue weighted by molar-refractivity contribution is 9.10. The minimum Gasteiger partial charge on any atom is -0.379 e. The molecule has 138 valence electrons. The van der Waals surface area contributed by atoms with Gasteiger partial charge in [-0.1, -0.05) is 24.3 Å². The van der Waals surface area contributed by atoms with Crippen LogP contribution >= 0.6 is 15.9 Å². The van der Waals surface area contributed by atoms with Gasteiger partial charge in [-0.25, -0.2) is 0 Å². The average Bonchev–Trinajstić information content (AvgIpc) is 2.61. The van der Waals surface area contributed by atoms with Crippen molar-refractivity contribution in [1.82, 2.24) is 5.32 Å². The Morgan fingerprint density at radius 2 is 1.65 bits per heavy atom. The summed E-state index contributed by atoms with van der Waals surface area (Å²) < 4.78 is 6.15. The molecule has 0 radical (unpaired) electrons. The van der Waals surface area contributed by atoms with Crippen LogP contribution in [0.5, 0.6) is 0 Å². The van der Waals surface area contributed by atoms with Crippen LogP contribution in [0.1, 0.15) is 41.0 Å². The molecule has 0 unspecified atom stereocenters. The monoisotopic (exact) mass is 418 g/mol. The van der Waals surface area contributed by atoms with E-state index in [1.807, 2.05) is 19.9 Å². The molecule has 0 heterocycles. The van der Waals surface area contributed by atoms with E-state index in [2.05, 4.69) is 26.6 Å². The van der Waals surface area contributed by atoms with E-state index >= 15 is 0 Å². The Morgan fingerprint density at radius 3 is 2.35 bits per heavy atom. The molecule has 0 aliphatic carbocycles. The van der Waals surface area contributed by atoms with E-state index in [1.165, 1.54) is 0 Å². The average molecular weight is 419 g/mol. The summed E-state index contributed by atoms with van der Waals surface area (Å²) in [6.45, 7) is 5.06. The van der Waals surface area contributed by atoms with Crippen LogP contribution in [0.3, 0.4) is 0 Å². The number of halogens is 1. The molecule has 26 heavy (non-hydrogen) atoms. The maximum Gasteiger partial charge on any atom is 0.256 e. The number of benzene rings is 2. The van der Waals surface area contributed by atoms with Crippen molar-refractivity contribution in [3.05, 3.63) is 64.1 Å². The summed E-state index contributed by atoms with van der Waals surface area (Å²) in [5, 5.41) is 5.67. The molecule has 0 aromatic heterocycles. The van der Waals surface area contributed by atoms with Gasteiger partial charge in [-0.2, -0.15) is 0 Å². The number of ether oxygens (including phenoxy) is 1. The lowest BCUT2D eigenvalue weighted by atomic mass is 10.1. The van der Waals surface area contributed by atoms with Crippen LogP contribution in [0.2, 0.25) is 0 Å². The molecule has 2 rings (SSSR count). The molecule has 6 heteroatoms. The van der Waals surface area contributed by atoms with Crippen LogP contribution in [0.4, 0.5) is 5.69 Å². The van der Waals surface area contributed by atoms with Crippen LogP contribution in [-0.2, 0) is 4.74 Å². The fourth-order valence-electron chi connectivity index (χ4n) is 2.31. The summed E-state index contributed by atoms with van der Waals surface area (Å²) >= 11 is 3.36. The highest BCUT2D eigenvalue weighted by Crippen LogP contribution is 2.20. The summed E-state index contributed by atoms with van der Waals surface area (Å²) in [5.74, 6) is -0.499. The van der Waals surface area contributed by atoms with Gasteiger partial charge in [0.2, 0.25) is 0 Å². The van der Waals surface area contributed by atoms with Gasteiger partial charge in [0.05, 0.1) is 22.9 Å². The summed E-state index contributed by atoms with van der Waals surface area (Å²) in [5.41, 5.74) is 1.41. The van der Waals surface area contributed by atoms with E-state index in [1.54, 1.807) is 42.5 Å². The van der Waals surface area contributed by atoms with Gasteiger partial charge in [-0.3, -0.25) is 9.59 Å². The lowest BCUT2D eigenvalue weighted by molar-refractivity contribution is 0.0757. The number of hydrogen-bond acceptors (Lipinski definition) is 3. The second-order valence-corrected chi connectivity index (χ2v) is 6.86. The third-order valence-electron chi connectivity index (χ3n) is 3.60. The lowest BCUT2D eigenvalue weighted by Crippen LogP contribution is -2.27. The Labute approximate surface area is 162 Å². The Balaban J connectivity index is 2.00. The first kappa shape index (κ1) is 20.1. The van der Waals surface area contributed by atoms with Crippen molar-refractivity contribution < 1.29 is 14.3 Å². The zero-order chi connectivity index (χ0) is 18.9. The summed E-state index contributed by atoms with van der Waals surface area (Å²) in [4.78, 5) is 24.9. The molecule has 0 bridgehead atoms. The molecule has 0 saturated carbocycles. The fraction of sp³-hybridized carbons (Fsp3) is 0.300. The number of para-hydroxylation sites is 1. The number of amides is 2. The molecule has 2 N–H and O–H groups in total. The number of rotatable bonds is 8. The SMILES string of the molecule is CC(C)OCCCNC(=O)c1ccccc1NC(=O)c1ccccc1Br. The molecule has 5 nitrogen and oxygen atoms in total. The molecule has 0 saturated heterocycles. The van der Waals surface area contributed by atoms with Gasteiger partial charge in [0, 0.05) is 17.6 Å². The Hall–Kier alpha value is -2.18. The van der Waals surface area contributed by atoms with Crippen LogP contribution < -0.4 is 10.6 Å². The first-order valence-corrected chi connectivity index (χ1v) is 9.33. The summed E-state index contributed by atoms with van der Waals surface area (Å²) in [6, 6.07) is 14.1. The molecule has 0 spiro atoms. The van der Waals surface area contributed by atoms with Crippen molar-refractivity contribution >= 4 is 33.4 Å². The highest BCUT2D eigenvalue weighted by atomic mass is 79.9. The van der Waals surface area contributed by atoms with Gasteiger partial charge >= 0.3 is 0 Å². The Kier molecular flexibility index (Phi) is 7.81. The zero-order valence-electron chi connectivity index (χ0n) is 14.9. The van der Waals surface area contributed by atoms with Crippen molar-refractivity contribution in [1.29, 1.82) is 0 Å². The predicted molar refractivity (Wildman–Crippen MR) is 107 cm³/mol. The molecular weight excluding hydrogens is 396 g/mol. The molecule has 2 aromatic carbocycles. The minimum absolute atomic E-state index is 0.180. The lowest BCUT2D eigenvalue weighted by Gasteiger charge is -2.12. The topological polar surface area (TPSA) is 67.4 Å². The quantitative estimate of drug-likeness (QED) is 0.629. The number of carbonyl (C=O) groups excluding carboxylic acids is 2. The van der Waals surface area contributed by atoms with Gasteiger partial charge in [-0.15, -0.1) is 0 Å². The van der Waals surface area contributed by atoms with E-state index < -0.39 is 0 Å². The number of nitrogens with one attached hydrogen (secondary N) is 2. The molecule has 2 aromatic rings. The first-order valence-electron chi connectivity index (χ1n) is 8.53. The number of carbonyl (C=O) groups is 2. The van der Waals surface area contributed by atoms with E-state index in [9.17, 15) is 9.59 Å². The largest absolute Gasteiger partial charge is 0.379 e. The molecule has 2 amide bonds. The second-order valence-electron chi connectivity index (χ2n) is 6.01. The normalized spacial score (nSPS) is 10.6. The summed E-state index contributed by atoms with van der Waals surface area (Å²) in [7, 11) is 0. The van der Waals surface area contributed by atoms with Crippen molar-refractivity contribution in [2.75, 3.05) is 18.5 Å². The van der Waals surface area contributed by atoms with Crippen LogP contribution in [-0.4, -0.2) is 31.1 Å². The maximum atomic E-state index is 12.5. The van der Waals surface area contributed by atoms with Crippen molar-refractivity contribution in [3.8, 4) is 0 Å². The minimum atomic E-state index is -0.275. The third kappa shape index (κ3) is 5.97. The Bertz CT molecular complexity index is 762. The van der Waals surface area contributed by atoms with E-state index in [-0.39, 0.29) is 17.9 Å². The third-order valence-corrected chi connectivity index (χ3v) is 4.29. The second kappa shape index (κ2) is 10.1. The first-order chi connectivity index (χ1) is 12.5. The Morgan fingerprint density at radius 1 is 1.00 bits per heavy atom. The van der Waals surface area contributed by atoms with Crippen molar-refractivity contribution in [3.63, 3.8) is 0 Å². The zero-order valence-corrected chi connectivity index (χ0v) is 16.5. The van der Waals surface area contributed by atoms with Crippen LogP contribution in [0.25, 0.3) is 0 Å². The number of hydrogen-bond donors (Lipinski definition) is 2. The van der Waals surface area contributed by atoms with Gasteiger partial charge in [0.25, 0.3) is 11.8 Å². The highest BCUT2D eigenvalue weighted by Gasteiger charge is 2.15. The van der Waals surface area contributed by atoms with Gasteiger partial charge < -0.3 is 15.4 Å². The maximum absolute atomic E-state index is 12.5. The van der Waals surface area contributed by atoms with E-state index in [0.717, 1.165) is 6.42 Å². The fourth-order valence-corrected chi connectivity index (χ4v) is 2.78. The van der Waals surface area contributed by atoms with Gasteiger partial charge in [0.1, 0.15) is 0 Å². The summed E-state index contributed by atoms with van der Waals surface area (Å²) in [6.07, 6.45) is 0.911. The molecule has 0 aliphatic heterocycles. The van der Waals surface area contributed by atoms with Crippen molar-refractivity contribution in [2.24, 2.45) is 0 Å². The molecule has 0 fully saturated rings. The predicted octanol–water partition coefficient (Wildman–Crippen LogP) is 4.25. The van der Waals surface area contributed by atoms with Crippen LogP contribution in [0.15, 0.2) is 53.0 Å². The van der Waals surface area contributed by atoms with Crippen LogP contribution in [0, 0.1) is 0 Å². The van der Waals surface area contributed by atoms with E-state index in [0.29, 0.717) is 34.4 Å². The van der Waals surface area contributed by atoms with Crippen molar-refractivity contribution in [2.45, 2.75) is 26.4 Å². The van der Waals surface area contributed by atoms with E-state index in [4.69, 9.17) is 4.74 Å². The molecule has 0 aliphatic rings. The van der Waals surface area contributed by atoms with Gasteiger partial charge in [-0.05, 0) is 60.5 Å². The standard InChI is InChI=1S/C20H23BrN2O3/c1-14(2)26-13-7-12-22-19(24)16-9-4-6-11-18(16)23-20(25)15-8-3-5-10-17(15)21/h3-6,8-11,14H,7,12-13H2,1-2H3,(H,22,24)(H,23,25). The van der Waals surface area contributed by atoms with Gasteiger partial charge in [0.15, 0.2) is 0 Å².